The summed E-state index contributed by atoms with van der Waals surface area (Å²) in [7, 11) is 0. The van der Waals surface area contributed by atoms with Gasteiger partial charge in [-0.05, 0) is 28.9 Å². The van der Waals surface area contributed by atoms with Crippen molar-refractivity contribution < 1.29 is 9.66 Å². The molecule has 2 rings (SSSR count). The lowest BCUT2D eigenvalue weighted by molar-refractivity contribution is -0.385. The van der Waals surface area contributed by atoms with Crippen molar-refractivity contribution >= 4 is 21.6 Å². The molecular weight excluding hydrogens is 314 g/mol. The Bertz CT molecular complexity index is 598. The first-order valence-electron chi connectivity index (χ1n) is 5.68. The average Bonchev–Trinajstić information content (AvgIpc) is 2.85. The van der Waals surface area contributed by atoms with Crippen LogP contribution in [0.3, 0.4) is 0 Å². The highest BCUT2D eigenvalue weighted by Gasteiger charge is 2.10. The number of nitro benzene ring substituents is 1. The molecule has 0 aliphatic heterocycles. The predicted octanol–water partition coefficient (Wildman–Crippen LogP) is 3.15. The summed E-state index contributed by atoms with van der Waals surface area (Å²) in [5.74, 6) is 0.443. The number of rotatable bonds is 5. The molecule has 7 heteroatoms. The first-order valence-corrected chi connectivity index (χ1v) is 6.47. The molecular formula is C12H12BrN3O3. The van der Waals surface area contributed by atoms with Gasteiger partial charge in [0.15, 0.2) is 0 Å². The molecule has 19 heavy (non-hydrogen) atoms. The lowest BCUT2D eigenvalue weighted by atomic mass is 10.3. The summed E-state index contributed by atoms with van der Waals surface area (Å²) in [5, 5.41) is 14.8. The van der Waals surface area contributed by atoms with E-state index in [1.807, 2.05) is 13.1 Å². The van der Waals surface area contributed by atoms with Crippen molar-refractivity contribution in [3.63, 3.8) is 0 Å². The van der Waals surface area contributed by atoms with Crippen LogP contribution in [0.1, 0.15) is 12.5 Å². The van der Waals surface area contributed by atoms with Gasteiger partial charge in [-0.15, -0.1) is 0 Å². The maximum atomic E-state index is 10.7. The summed E-state index contributed by atoms with van der Waals surface area (Å²) < 4.78 is 8.04. The Kier molecular flexibility index (Phi) is 4.16. The van der Waals surface area contributed by atoms with Crippen molar-refractivity contribution in [3.05, 3.63) is 50.7 Å². The van der Waals surface area contributed by atoms with Crippen LogP contribution in [0.5, 0.6) is 5.75 Å². The molecule has 0 saturated heterocycles. The van der Waals surface area contributed by atoms with Gasteiger partial charge in [-0.3, -0.25) is 14.8 Å². The number of hydrogen-bond acceptors (Lipinski definition) is 4. The molecule has 0 saturated carbocycles. The Morgan fingerprint density at radius 3 is 2.95 bits per heavy atom. The van der Waals surface area contributed by atoms with Gasteiger partial charge >= 0.3 is 0 Å². The van der Waals surface area contributed by atoms with Gasteiger partial charge in [-0.1, -0.05) is 0 Å². The zero-order valence-corrected chi connectivity index (χ0v) is 11.8. The first-order chi connectivity index (χ1) is 9.10. The van der Waals surface area contributed by atoms with E-state index < -0.39 is 4.92 Å². The Morgan fingerprint density at radius 2 is 2.32 bits per heavy atom. The van der Waals surface area contributed by atoms with Crippen molar-refractivity contribution in [3.8, 4) is 5.75 Å². The Labute approximate surface area is 118 Å². The van der Waals surface area contributed by atoms with E-state index in [4.69, 9.17) is 4.74 Å². The van der Waals surface area contributed by atoms with Gasteiger partial charge in [0.1, 0.15) is 12.4 Å². The zero-order valence-electron chi connectivity index (χ0n) is 10.2. The smallest absolute Gasteiger partial charge is 0.273 e. The largest absolute Gasteiger partial charge is 0.487 e. The highest BCUT2D eigenvalue weighted by Crippen LogP contribution is 2.29. The molecule has 0 radical (unpaired) electrons. The van der Waals surface area contributed by atoms with Crippen molar-refractivity contribution in [2.45, 2.75) is 20.1 Å². The fourth-order valence-corrected chi connectivity index (χ4v) is 1.89. The van der Waals surface area contributed by atoms with E-state index >= 15 is 0 Å². The molecule has 6 nitrogen and oxygen atoms in total. The van der Waals surface area contributed by atoms with Gasteiger partial charge in [0.25, 0.3) is 5.69 Å². The molecule has 0 aliphatic carbocycles. The Morgan fingerprint density at radius 1 is 1.53 bits per heavy atom. The minimum absolute atomic E-state index is 0.00227. The monoisotopic (exact) mass is 325 g/mol. The zero-order chi connectivity index (χ0) is 13.8. The SMILES string of the molecule is CCn1cc(COc2cc([N+](=O)[O-])ccc2Br)cn1. The van der Waals surface area contributed by atoms with Crippen molar-refractivity contribution in [2.24, 2.45) is 0 Å². The standard InChI is InChI=1S/C12H12BrN3O3/c1-2-15-7-9(6-14-15)8-19-12-5-10(16(17)18)3-4-11(12)13/h3-7H,2,8H2,1H3. The van der Waals surface area contributed by atoms with Crippen molar-refractivity contribution in [1.82, 2.24) is 9.78 Å². The fourth-order valence-electron chi connectivity index (χ4n) is 1.53. The number of nitrogens with zero attached hydrogens (tertiary/aromatic N) is 3. The van der Waals surface area contributed by atoms with E-state index in [2.05, 4.69) is 21.0 Å². The fraction of sp³-hybridized carbons (Fsp3) is 0.250. The molecule has 0 aliphatic rings. The van der Waals surface area contributed by atoms with Crippen LogP contribution in [0.15, 0.2) is 35.1 Å². The number of hydrogen-bond donors (Lipinski definition) is 0. The van der Waals surface area contributed by atoms with Crippen LogP contribution in [0, 0.1) is 10.1 Å². The van der Waals surface area contributed by atoms with Crippen LogP contribution in [-0.2, 0) is 13.2 Å². The van der Waals surface area contributed by atoms with E-state index in [0.717, 1.165) is 12.1 Å². The van der Waals surface area contributed by atoms with Crippen molar-refractivity contribution in [2.75, 3.05) is 0 Å². The van der Waals surface area contributed by atoms with E-state index in [9.17, 15) is 10.1 Å². The number of non-ortho nitro benzene ring substituents is 1. The Balaban J connectivity index is 2.10. The molecule has 0 unspecified atom stereocenters. The van der Waals surface area contributed by atoms with E-state index in [1.54, 1.807) is 16.9 Å². The molecule has 0 atom stereocenters. The minimum Gasteiger partial charge on any atom is -0.487 e. The van der Waals surface area contributed by atoms with Crippen LogP contribution in [0.4, 0.5) is 5.69 Å². The summed E-state index contributed by atoms with van der Waals surface area (Å²) in [6.07, 6.45) is 3.60. The molecule has 0 spiro atoms. The van der Waals surface area contributed by atoms with E-state index in [1.165, 1.54) is 12.1 Å². The minimum atomic E-state index is -0.450. The predicted molar refractivity (Wildman–Crippen MR) is 73.0 cm³/mol. The molecule has 0 amide bonds. The summed E-state index contributed by atoms with van der Waals surface area (Å²) in [6.45, 7) is 3.11. The second-order valence-corrected chi connectivity index (χ2v) is 4.72. The molecule has 1 aromatic carbocycles. The summed E-state index contributed by atoms with van der Waals surface area (Å²) in [4.78, 5) is 10.3. The number of halogens is 1. The van der Waals surface area contributed by atoms with Crippen LogP contribution in [0.2, 0.25) is 0 Å². The Hall–Kier alpha value is -1.89. The molecule has 100 valence electrons. The number of aromatic nitrogens is 2. The lowest BCUT2D eigenvalue weighted by Gasteiger charge is -2.06. The van der Waals surface area contributed by atoms with E-state index in [0.29, 0.717) is 16.8 Å². The highest BCUT2D eigenvalue weighted by atomic mass is 79.9. The summed E-state index contributed by atoms with van der Waals surface area (Å²) in [6, 6.07) is 4.42. The normalized spacial score (nSPS) is 10.4. The van der Waals surface area contributed by atoms with Crippen LogP contribution >= 0.6 is 15.9 Å². The quantitative estimate of drug-likeness (QED) is 0.625. The topological polar surface area (TPSA) is 70.2 Å². The molecule has 1 heterocycles. The van der Waals surface area contributed by atoms with Gasteiger partial charge in [0.05, 0.1) is 21.7 Å². The number of aryl methyl sites for hydroxylation is 1. The van der Waals surface area contributed by atoms with Gasteiger partial charge in [0, 0.05) is 24.4 Å². The van der Waals surface area contributed by atoms with Crippen LogP contribution in [-0.4, -0.2) is 14.7 Å². The van der Waals surface area contributed by atoms with E-state index in [-0.39, 0.29) is 5.69 Å². The molecule has 0 N–H and O–H groups in total. The number of ether oxygens (including phenoxy) is 1. The summed E-state index contributed by atoms with van der Waals surface area (Å²) in [5.41, 5.74) is 0.919. The van der Waals surface area contributed by atoms with Gasteiger partial charge in [-0.25, -0.2) is 0 Å². The van der Waals surface area contributed by atoms with Gasteiger partial charge in [0.2, 0.25) is 0 Å². The molecule has 0 fully saturated rings. The lowest BCUT2D eigenvalue weighted by Crippen LogP contribution is -1.97. The molecule has 1 aromatic heterocycles. The average molecular weight is 326 g/mol. The highest BCUT2D eigenvalue weighted by molar-refractivity contribution is 9.10. The maximum absolute atomic E-state index is 10.7. The van der Waals surface area contributed by atoms with Crippen LogP contribution in [0.25, 0.3) is 0 Å². The second-order valence-electron chi connectivity index (χ2n) is 3.86. The van der Waals surface area contributed by atoms with Gasteiger partial charge < -0.3 is 4.74 Å². The third-order valence-corrected chi connectivity index (χ3v) is 3.19. The van der Waals surface area contributed by atoms with Gasteiger partial charge in [-0.2, -0.15) is 5.10 Å². The summed E-state index contributed by atoms with van der Waals surface area (Å²) >= 11 is 3.30. The third-order valence-electron chi connectivity index (χ3n) is 2.53. The molecule has 0 bridgehead atoms. The second kappa shape index (κ2) is 5.83. The van der Waals surface area contributed by atoms with Crippen LogP contribution < -0.4 is 4.74 Å². The first kappa shape index (κ1) is 13.5. The number of nitro groups is 1. The van der Waals surface area contributed by atoms with Crippen molar-refractivity contribution in [1.29, 1.82) is 0 Å². The molecule has 2 aromatic rings. The maximum Gasteiger partial charge on any atom is 0.273 e. The number of benzene rings is 1. The third kappa shape index (κ3) is 3.31.